The fourth-order valence-electron chi connectivity index (χ4n) is 9.20. The van der Waals surface area contributed by atoms with Crippen molar-refractivity contribution in [1.82, 2.24) is 5.32 Å². The number of carbonyl (C=O) groups excluding carboxylic acids is 1. The van der Waals surface area contributed by atoms with Gasteiger partial charge in [-0.25, -0.2) is 0 Å². The lowest BCUT2D eigenvalue weighted by Crippen LogP contribution is -2.66. The summed E-state index contributed by atoms with van der Waals surface area (Å²) in [6.07, 6.45) is 36.9. The molecule has 17 atom stereocenters. The summed E-state index contributed by atoms with van der Waals surface area (Å²) in [6, 6.07) is -0.992. The van der Waals surface area contributed by atoms with Crippen molar-refractivity contribution in [1.29, 1.82) is 0 Å². The van der Waals surface area contributed by atoms with E-state index in [1.54, 1.807) is 12.2 Å². The van der Waals surface area contributed by atoms with Gasteiger partial charge in [-0.1, -0.05) is 173 Å². The Morgan fingerprint density at radius 1 is 0.440 bits per heavy atom. The third-order valence-electron chi connectivity index (χ3n) is 14.2. The number of allylic oxidation sites excluding steroid dienone is 21. The summed E-state index contributed by atoms with van der Waals surface area (Å²) >= 11 is 0. The molecule has 3 aliphatic rings. The highest BCUT2D eigenvalue weighted by Crippen LogP contribution is 2.33. The van der Waals surface area contributed by atoms with Gasteiger partial charge in [0.1, 0.15) is 73.2 Å². The van der Waals surface area contributed by atoms with E-state index in [0.29, 0.717) is 12.8 Å². The van der Waals surface area contributed by atoms with Crippen molar-refractivity contribution in [3.8, 4) is 0 Å². The molecule has 0 aromatic carbocycles. The molecule has 19 nitrogen and oxygen atoms in total. The molecular weight excluding hydrogens is 1080 g/mol. The van der Waals surface area contributed by atoms with Gasteiger partial charge < -0.3 is 89.9 Å². The van der Waals surface area contributed by atoms with E-state index < -0.39 is 124 Å². The van der Waals surface area contributed by atoms with Gasteiger partial charge in [-0.2, -0.15) is 0 Å². The molecular formula is C65H103NO18. The Hall–Kier alpha value is -4.07. The summed E-state index contributed by atoms with van der Waals surface area (Å²) < 4.78 is 34.0. The molecule has 12 N–H and O–H groups in total. The maximum atomic E-state index is 13.2. The van der Waals surface area contributed by atoms with E-state index in [-0.39, 0.29) is 18.9 Å². The molecule has 0 bridgehead atoms. The Morgan fingerprint density at radius 2 is 0.821 bits per heavy atom. The van der Waals surface area contributed by atoms with E-state index >= 15 is 0 Å². The number of rotatable bonds is 42. The largest absolute Gasteiger partial charge is 0.394 e. The van der Waals surface area contributed by atoms with E-state index in [1.165, 1.54) is 0 Å². The van der Waals surface area contributed by atoms with Crippen LogP contribution >= 0.6 is 0 Å². The predicted octanol–water partition coefficient (Wildman–Crippen LogP) is 5.87. The lowest BCUT2D eigenvalue weighted by Gasteiger charge is -2.48. The average molecular weight is 1190 g/mol. The van der Waals surface area contributed by atoms with Crippen LogP contribution in [0.3, 0.4) is 0 Å². The van der Waals surface area contributed by atoms with E-state index in [2.05, 4.69) is 134 Å². The molecule has 3 rings (SSSR count). The first-order valence-corrected chi connectivity index (χ1v) is 30.4. The van der Waals surface area contributed by atoms with Gasteiger partial charge in [0.25, 0.3) is 0 Å². The minimum atomic E-state index is -1.98. The fourth-order valence-corrected chi connectivity index (χ4v) is 9.20. The Bertz CT molecular complexity index is 2050. The highest BCUT2D eigenvalue weighted by molar-refractivity contribution is 5.76. The SMILES string of the molecule is CC/C=C\C/C=C\C/C=C\C/C=C\C/C=C\C/C=C\C/C=C\C/C=C\C/C=C\C/C=C\CCCCCCC(=O)NC(COC1OC(CO)C(OC2OC(CO)C(OC3OC(CO)C(O)C(O)C3O)C(O)C2O)C(O)C1O)C(O)/C=C/CCCC. The van der Waals surface area contributed by atoms with E-state index in [0.717, 1.165) is 103 Å². The third-order valence-corrected chi connectivity index (χ3v) is 14.2. The Kier molecular flexibility index (Phi) is 40.7. The lowest BCUT2D eigenvalue weighted by molar-refractivity contribution is -0.379. The number of hydrogen-bond donors (Lipinski definition) is 12. The molecule has 0 aliphatic carbocycles. The van der Waals surface area contributed by atoms with Crippen LogP contribution in [0.2, 0.25) is 0 Å². The van der Waals surface area contributed by atoms with Crippen molar-refractivity contribution in [3.63, 3.8) is 0 Å². The van der Waals surface area contributed by atoms with Gasteiger partial charge in [-0.05, 0) is 89.9 Å². The van der Waals surface area contributed by atoms with Crippen molar-refractivity contribution in [2.45, 2.75) is 240 Å². The topological polar surface area (TPSA) is 307 Å². The number of unbranched alkanes of at least 4 members (excludes halogenated alkanes) is 6. The minimum Gasteiger partial charge on any atom is -0.394 e. The number of aliphatic hydroxyl groups excluding tert-OH is 11. The number of carbonyl (C=O) groups is 1. The second-order valence-corrected chi connectivity index (χ2v) is 21.1. The summed E-state index contributed by atoms with van der Waals surface area (Å²) in [5.74, 6) is -0.318. The zero-order valence-electron chi connectivity index (χ0n) is 49.6. The predicted molar refractivity (Wildman–Crippen MR) is 323 cm³/mol. The first-order valence-electron chi connectivity index (χ1n) is 30.4. The van der Waals surface area contributed by atoms with Crippen molar-refractivity contribution >= 4 is 5.91 Å². The highest BCUT2D eigenvalue weighted by Gasteiger charge is 2.53. The molecule has 0 saturated carbocycles. The first kappa shape index (κ1) is 74.2. The van der Waals surface area contributed by atoms with Crippen molar-refractivity contribution < 1.29 is 89.4 Å². The van der Waals surface area contributed by atoms with E-state index in [1.807, 2.05) is 6.92 Å². The number of ether oxygens (including phenoxy) is 6. The maximum Gasteiger partial charge on any atom is 0.220 e. The van der Waals surface area contributed by atoms with Crippen molar-refractivity contribution in [2.24, 2.45) is 0 Å². The molecule has 84 heavy (non-hydrogen) atoms. The first-order chi connectivity index (χ1) is 40.8. The highest BCUT2D eigenvalue weighted by atomic mass is 16.8. The smallest absolute Gasteiger partial charge is 0.220 e. The van der Waals surface area contributed by atoms with Crippen LogP contribution in [0, 0.1) is 0 Å². The maximum absolute atomic E-state index is 13.2. The van der Waals surface area contributed by atoms with Crippen LogP contribution in [-0.4, -0.2) is 193 Å². The number of aliphatic hydroxyl groups is 11. The second-order valence-electron chi connectivity index (χ2n) is 21.1. The van der Waals surface area contributed by atoms with E-state index in [4.69, 9.17) is 28.4 Å². The van der Waals surface area contributed by atoms with Crippen LogP contribution in [-0.2, 0) is 33.2 Å². The normalized spacial score (nSPS) is 30.1. The van der Waals surface area contributed by atoms with E-state index in [9.17, 15) is 61.0 Å². The van der Waals surface area contributed by atoms with Gasteiger partial charge in [0.15, 0.2) is 18.9 Å². The quantitative estimate of drug-likeness (QED) is 0.0251. The van der Waals surface area contributed by atoms with Gasteiger partial charge >= 0.3 is 0 Å². The summed E-state index contributed by atoms with van der Waals surface area (Å²) in [7, 11) is 0. The van der Waals surface area contributed by atoms with Crippen LogP contribution < -0.4 is 5.32 Å². The van der Waals surface area contributed by atoms with Gasteiger partial charge in [0, 0.05) is 6.42 Å². The van der Waals surface area contributed by atoms with Gasteiger partial charge in [0.2, 0.25) is 5.91 Å². The minimum absolute atomic E-state index is 0.201. The average Bonchev–Trinajstić information content (AvgIpc) is 3.52. The van der Waals surface area contributed by atoms with Crippen LogP contribution in [0.25, 0.3) is 0 Å². The second kappa shape index (κ2) is 46.1. The monoisotopic (exact) mass is 1190 g/mol. The molecule has 476 valence electrons. The molecule has 0 aromatic rings. The number of nitrogens with one attached hydrogen (secondary N) is 1. The summed E-state index contributed by atoms with van der Waals surface area (Å²) in [5, 5.41) is 119. The Labute approximate surface area is 499 Å². The summed E-state index contributed by atoms with van der Waals surface area (Å²) in [4.78, 5) is 13.2. The van der Waals surface area contributed by atoms with Crippen LogP contribution in [0.1, 0.15) is 136 Å². The van der Waals surface area contributed by atoms with Crippen LogP contribution in [0.15, 0.2) is 134 Å². The zero-order valence-corrected chi connectivity index (χ0v) is 49.6. The standard InChI is InChI=1S/C65H103NO18/c1-3-5-7-9-10-11-12-13-14-15-16-17-18-19-20-21-22-23-24-25-26-27-28-29-30-31-32-33-34-35-36-37-38-39-41-43-53(71)66-48(49(70)42-40-8-6-4-2)47-79-63-59(77)56(74)61(51(45-68)81-63)84-65-60(78)57(75)62(52(46-69)82-65)83-64-58(76)55(73)54(72)50(44-67)80-64/h5,7,10-11,13-14,16-17,19-20,22-23,25-26,28-29,31-32,34-35,40,42,48-52,54-65,67-70,72-78H,3-4,6,8-9,12,15,18,21,24,27,30,33,36-39,41,43-47H2,1-2H3,(H,66,71)/b7-5-,11-10-,14-13-,17-16-,20-19-,23-22-,26-25-,29-28-,32-31-,35-34-,42-40+. The molecule has 3 aliphatic heterocycles. The third kappa shape index (κ3) is 29.1. The van der Waals surface area contributed by atoms with Crippen LogP contribution in [0.4, 0.5) is 0 Å². The lowest BCUT2D eigenvalue weighted by atomic mass is 9.96. The molecule has 1 amide bonds. The Balaban J connectivity index is 1.32. The number of hydrogen-bond acceptors (Lipinski definition) is 18. The molecule has 3 fully saturated rings. The molecule has 3 saturated heterocycles. The fraction of sp³-hybridized carbons (Fsp3) is 0.646. The van der Waals surface area contributed by atoms with Gasteiger partial charge in [-0.3, -0.25) is 4.79 Å². The zero-order chi connectivity index (χ0) is 61.2. The molecule has 3 heterocycles. The summed E-state index contributed by atoms with van der Waals surface area (Å²) in [6.45, 7) is 1.36. The van der Waals surface area contributed by atoms with Gasteiger partial charge in [0.05, 0.1) is 38.6 Å². The Morgan fingerprint density at radius 3 is 1.26 bits per heavy atom. The molecule has 17 unspecified atom stereocenters. The number of amides is 1. The molecule has 0 radical (unpaired) electrons. The van der Waals surface area contributed by atoms with Crippen molar-refractivity contribution in [2.75, 3.05) is 26.4 Å². The van der Waals surface area contributed by atoms with Gasteiger partial charge in [-0.15, -0.1) is 0 Å². The molecule has 0 aromatic heterocycles. The molecule has 0 spiro atoms. The van der Waals surface area contributed by atoms with Crippen LogP contribution in [0.5, 0.6) is 0 Å². The molecule has 19 heteroatoms. The summed E-state index contributed by atoms with van der Waals surface area (Å²) in [5.41, 5.74) is 0. The van der Waals surface area contributed by atoms with Crippen molar-refractivity contribution in [3.05, 3.63) is 134 Å².